The van der Waals surface area contributed by atoms with E-state index in [2.05, 4.69) is 10.2 Å². The minimum atomic E-state index is -0.605. The van der Waals surface area contributed by atoms with Crippen molar-refractivity contribution in [1.82, 2.24) is 15.1 Å². The van der Waals surface area contributed by atoms with E-state index in [9.17, 15) is 9.59 Å². The first-order valence-electron chi connectivity index (χ1n) is 7.14. The highest BCUT2D eigenvalue weighted by Crippen LogP contribution is 2.32. The van der Waals surface area contributed by atoms with E-state index in [1.54, 1.807) is 4.90 Å². The van der Waals surface area contributed by atoms with Crippen LogP contribution in [0.5, 0.6) is 0 Å². The lowest BCUT2D eigenvalue weighted by Crippen LogP contribution is -2.25. The van der Waals surface area contributed by atoms with Gasteiger partial charge in [0, 0.05) is 19.0 Å². The Kier molecular flexibility index (Phi) is 3.44. The van der Waals surface area contributed by atoms with Gasteiger partial charge in [-0.25, -0.2) is 0 Å². The van der Waals surface area contributed by atoms with E-state index in [0.717, 1.165) is 22.4 Å². The fourth-order valence-corrected chi connectivity index (χ4v) is 2.93. The van der Waals surface area contributed by atoms with Crippen molar-refractivity contribution in [1.29, 1.82) is 0 Å². The number of nitrogens with zero attached hydrogens (tertiary/aromatic N) is 2. The summed E-state index contributed by atoms with van der Waals surface area (Å²) >= 11 is 0. The van der Waals surface area contributed by atoms with E-state index in [-0.39, 0.29) is 5.91 Å². The maximum atomic E-state index is 12.0. The number of primary amides is 1. The molecule has 1 atom stereocenters. The predicted octanol–water partition coefficient (Wildman–Crippen LogP) is 1.20. The van der Waals surface area contributed by atoms with Crippen molar-refractivity contribution >= 4 is 11.8 Å². The van der Waals surface area contributed by atoms with E-state index in [1.165, 1.54) is 6.92 Å². The van der Waals surface area contributed by atoms with Crippen LogP contribution in [0.2, 0.25) is 0 Å². The average Bonchev–Trinajstić information content (AvgIpc) is 3.00. The number of aromatic nitrogens is 2. The standard InChI is InChI=1S/C16H18N4O2/c1-9-4-3-5-11(6-9)14(16(17)22)15-12-7-20(10(2)21)8-13(12)18-19-15/h3-6,14H,7-8H2,1-2H3,(H2,17,22)(H,18,19). The van der Waals surface area contributed by atoms with E-state index in [0.29, 0.717) is 18.8 Å². The molecule has 0 radical (unpaired) electrons. The van der Waals surface area contributed by atoms with Crippen LogP contribution in [0.25, 0.3) is 0 Å². The zero-order chi connectivity index (χ0) is 15.9. The first-order chi connectivity index (χ1) is 10.5. The molecule has 114 valence electrons. The summed E-state index contributed by atoms with van der Waals surface area (Å²) in [6.07, 6.45) is 0. The number of carbonyl (C=O) groups excluding carboxylic acids is 2. The normalized spacial score (nSPS) is 14.7. The summed E-state index contributed by atoms with van der Waals surface area (Å²) in [5.41, 5.74) is 9.91. The predicted molar refractivity (Wildman–Crippen MR) is 80.7 cm³/mol. The third-order valence-corrected chi connectivity index (χ3v) is 4.06. The fraction of sp³-hybridized carbons (Fsp3) is 0.312. The number of aromatic amines is 1. The number of benzene rings is 1. The molecule has 1 aromatic heterocycles. The van der Waals surface area contributed by atoms with Gasteiger partial charge in [-0.15, -0.1) is 0 Å². The molecule has 1 aliphatic rings. The molecule has 0 spiro atoms. The van der Waals surface area contributed by atoms with Crippen molar-refractivity contribution in [2.24, 2.45) is 5.73 Å². The summed E-state index contributed by atoms with van der Waals surface area (Å²) < 4.78 is 0. The Morgan fingerprint density at radius 3 is 2.77 bits per heavy atom. The molecule has 0 aliphatic carbocycles. The van der Waals surface area contributed by atoms with Gasteiger partial charge in [-0.05, 0) is 12.5 Å². The van der Waals surface area contributed by atoms with Crippen LogP contribution in [0.15, 0.2) is 24.3 Å². The fourth-order valence-electron chi connectivity index (χ4n) is 2.93. The molecule has 0 bridgehead atoms. The van der Waals surface area contributed by atoms with Gasteiger partial charge in [-0.2, -0.15) is 5.10 Å². The van der Waals surface area contributed by atoms with Gasteiger partial charge >= 0.3 is 0 Å². The van der Waals surface area contributed by atoms with E-state index in [1.807, 2.05) is 31.2 Å². The first-order valence-corrected chi connectivity index (χ1v) is 7.14. The Balaban J connectivity index is 2.02. The van der Waals surface area contributed by atoms with Gasteiger partial charge in [0.25, 0.3) is 0 Å². The van der Waals surface area contributed by atoms with Gasteiger partial charge in [0.2, 0.25) is 11.8 Å². The maximum absolute atomic E-state index is 12.0. The Morgan fingerprint density at radius 2 is 2.14 bits per heavy atom. The number of rotatable bonds is 3. The highest BCUT2D eigenvalue weighted by atomic mass is 16.2. The number of nitrogens with one attached hydrogen (secondary N) is 1. The smallest absolute Gasteiger partial charge is 0.231 e. The largest absolute Gasteiger partial charge is 0.369 e. The average molecular weight is 298 g/mol. The van der Waals surface area contributed by atoms with Gasteiger partial charge in [-0.3, -0.25) is 14.7 Å². The van der Waals surface area contributed by atoms with Crippen molar-refractivity contribution in [3.05, 3.63) is 52.3 Å². The van der Waals surface area contributed by atoms with Crippen LogP contribution < -0.4 is 5.73 Å². The van der Waals surface area contributed by atoms with Crippen LogP contribution in [0.3, 0.4) is 0 Å². The second kappa shape index (κ2) is 5.29. The molecule has 22 heavy (non-hydrogen) atoms. The molecule has 2 aromatic rings. The van der Waals surface area contributed by atoms with Gasteiger partial charge in [0.1, 0.15) is 5.92 Å². The molecule has 1 aromatic carbocycles. The number of H-pyrrole nitrogens is 1. The van der Waals surface area contributed by atoms with Gasteiger partial charge < -0.3 is 10.6 Å². The molecular formula is C16H18N4O2. The van der Waals surface area contributed by atoms with Crippen LogP contribution in [-0.4, -0.2) is 26.9 Å². The Labute approximate surface area is 128 Å². The summed E-state index contributed by atoms with van der Waals surface area (Å²) in [4.78, 5) is 25.3. The molecular weight excluding hydrogens is 280 g/mol. The minimum Gasteiger partial charge on any atom is -0.369 e. The number of amides is 2. The van der Waals surface area contributed by atoms with Gasteiger partial charge in [0.05, 0.1) is 17.9 Å². The number of fused-ring (bicyclic) bond motifs is 1. The zero-order valence-electron chi connectivity index (χ0n) is 12.6. The molecule has 0 saturated carbocycles. The molecule has 6 nitrogen and oxygen atoms in total. The molecule has 3 rings (SSSR count). The number of aryl methyl sites for hydroxylation is 1. The number of hydrogen-bond acceptors (Lipinski definition) is 3. The molecule has 2 amide bonds. The van der Waals surface area contributed by atoms with Crippen molar-refractivity contribution in [2.75, 3.05) is 0 Å². The summed E-state index contributed by atoms with van der Waals surface area (Å²) in [7, 11) is 0. The third-order valence-electron chi connectivity index (χ3n) is 4.06. The van der Waals surface area contributed by atoms with Crippen molar-refractivity contribution in [3.8, 4) is 0 Å². The van der Waals surface area contributed by atoms with Crippen molar-refractivity contribution in [3.63, 3.8) is 0 Å². The molecule has 0 fully saturated rings. The van der Waals surface area contributed by atoms with Crippen LogP contribution in [-0.2, 0) is 22.7 Å². The lowest BCUT2D eigenvalue weighted by Gasteiger charge is -2.16. The highest BCUT2D eigenvalue weighted by Gasteiger charge is 2.32. The van der Waals surface area contributed by atoms with Crippen molar-refractivity contribution in [2.45, 2.75) is 32.9 Å². The Bertz CT molecular complexity index is 750. The Morgan fingerprint density at radius 1 is 1.36 bits per heavy atom. The van der Waals surface area contributed by atoms with Gasteiger partial charge in [0.15, 0.2) is 0 Å². The number of nitrogens with two attached hydrogens (primary N) is 1. The number of hydrogen-bond donors (Lipinski definition) is 2. The second-order valence-corrected chi connectivity index (χ2v) is 5.69. The van der Waals surface area contributed by atoms with Crippen LogP contribution >= 0.6 is 0 Å². The number of carbonyl (C=O) groups is 2. The van der Waals surface area contributed by atoms with E-state index < -0.39 is 11.8 Å². The molecule has 2 heterocycles. The summed E-state index contributed by atoms with van der Waals surface area (Å²) in [5.74, 6) is -1.05. The van der Waals surface area contributed by atoms with Crippen LogP contribution in [0.1, 0.15) is 40.9 Å². The lowest BCUT2D eigenvalue weighted by molar-refractivity contribution is -0.129. The second-order valence-electron chi connectivity index (χ2n) is 5.69. The quantitative estimate of drug-likeness (QED) is 0.891. The lowest BCUT2D eigenvalue weighted by atomic mass is 9.91. The molecule has 0 saturated heterocycles. The molecule has 1 unspecified atom stereocenters. The summed E-state index contributed by atoms with van der Waals surface area (Å²) in [5, 5.41) is 7.23. The maximum Gasteiger partial charge on any atom is 0.231 e. The third kappa shape index (κ3) is 2.36. The summed E-state index contributed by atoms with van der Waals surface area (Å²) in [6.45, 7) is 4.46. The SMILES string of the molecule is CC(=O)N1Cc2[nH]nc(C(C(N)=O)c3cccc(C)c3)c2C1. The zero-order valence-corrected chi connectivity index (χ0v) is 12.6. The monoisotopic (exact) mass is 298 g/mol. The topological polar surface area (TPSA) is 92.1 Å². The molecule has 1 aliphatic heterocycles. The summed E-state index contributed by atoms with van der Waals surface area (Å²) in [6, 6.07) is 7.68. The first kappa shape index (κ1) is 14.3. The van der Waals surface area contributed by atoms with Gasteiger partial charge in [-0.1, -0.05) is 29.8 Å². The highest BCUT2D eigenvalue weighted by molar-refractivity contribution is 5.86. The van der Waals surface area contributed by atoms with Crippen LogP contribution in [0.4, 0.5) is 0 Å². The molecule has 3 N–H and O–H groups in total. The van der Waals surface area contributed by atoms with Crippen molar-refractivity contribution < 1.29 is 9.59 Å². The van der Waals surface area contributed by atoms with E-state index >= 15 is 0 Å². The minimum absolute atomic E-state index is 0.00160. The molecule has 6 heteroatoms. The van der Waals surface area contributed by atoms with E-state index in [4.69, 9.17) is 5.73 Å². The van der Waals surface area contributed by atoms with Crippen LogP contribution in [0, 0.1) is 6.92 Å². The Hall–Kier alpha value is -2.63.